The molecule has 1 unspecified atom stereocenters. The van der Waals surface area contributed by atoms with Crippen LogP contribution >= 0.6 is 0 Å². The van der Waals surface area contributed by atoms with E-state index in [2.05, 4.69) is 0 Å². The van der Waals surface area contributed by atoms with E-state index in [-0.39, 0.29) is 0 Å². The third kappa shape index (κ3) is 2.79. The lowest BCUT2D eigenvalue weighted by Gasteiger charge is -2.04. The quantitative estimate of drug-likeness (QED) is 0.630. The molecule has 0 saturated carbocycles. The fourth-order valence-corrected chi connectivity index (χ4v) is 3.29. The molecule has 0 radical (unpaired) electrons. The van der Waals surface area contributed by atoms with E-state index in [1.165, 1.54) is 0 Å². The van der Waals surface area contributed by atoms with E-state index in [0.717, 1.165) is 12.8 Å². The van der Waals surface area contributed by atoms with Gasteiger partial charge in [-0.2, -0.15) is 0 Å². The Morgan fingerprint density at radius 2 is 2.27 bits per heavy atom. The van der Waals surface area contributed by atoms with Crippen molar-refractivity contribution in [3.63, 3.8) is 0 Å². The SMILES string of the molecule is COCCC1CCS(=O)(=O)C1. The van der Waals surface area contributed by atoms with Crippen LogP contribution < -0.4 is 0 Å². The highest BCUT2D eigenvalue weighted by Crippen LogP contribution is 2.20. The predicted octanol–water partition coefficient (Wildman–Crippen LogP) is 0.458. The largest absolute Gasteiger partial charge is 0.385 e. The van der Waals surface area contributed by atoms with Gasteiger partial charge in [-0.15, -0.1) is 0 Å². The zero-order valence-electron chi connectivity index (χ0n) is 6.75. The van der Waals surface area contributed by atoms with Gasteiger partial charge in [-0.05, 0) is 18.8 Å². The Kier molecular flexibility index (Phi) is 2.90. The molecule has 1 heterocycles. The fourth-order valence-electron chi connectivity index (χ4n) is 1.38. The summed E-state index contributed by atoms with van der Waals surface area (Å²) in [6, 6.07) is 0. The van der Waals surface area contributed by atoms with Gasteiger partial charge in [0, 0.05) is 13.7 Å². The van der Waals surface area contributed by atoms with Crippen LogP contribution in [0.25, 0.3) is 0 Å². The monoisotopic (exact) mass is 178 g/mol. The maximum absolute atomic E-state index is 11.0. The van der Waals surface area contributed by atoms with Gasteiger partial charge in [-0.1, -0.05) is 0 Å². The number of ether oxygens (including phenoxy) is 1. The highest BCUT2D eigenvalue weighted by Gasteiger charge is 2.26. The van der Waals surface area contributed by atoms with Crippen molar-refractivity contribution in [1.29, 1.82) is 0 Å². The van der Waals surface area contributed by atoms with Crippen molar-refractivity contribution in [2.45, 2.75) is 12.8 Å². The van der Waals surface area contributed by atoms with Gasteiger partial charge in [0.1, 0.15) is 0 Å². The second-order valence-electron chi connectivity index (χ2n) is 3.05. The molecule has 66 valence electrons. The first-order valence-electron chi connectivity index (χ1n) is 3.83. The van der Waals surface area contributed by atoms with Crippen molar-refractivity contribution in [1.82, 2.24) is 0 Å². The van der Waals surface area contributed by atoms with Gasteiger partial charge in [0.05, 0.1) is 11.5 Å². The summed E-state index contributed by atoms with van der Waals surface area (Å²) < 4.78 is 26.8. The van der Waals surface area contributed by atoms with Crippen molar-refractivity contribution in [3.8, 4) is 0 Å². The van der Waals surface area contributed by atoms with Crippen molar-refractivity contribution >= 4 is 9.84 Å². The summed E-state index contributed by atoms with van der Waals surface area (Å²) >= 11 is 0. The average Bonchev–Trinajstić information content (AvgIpc) is 2.26. The van der Waals surface area contributed by atoms with E-state index < -0.39 is 9.84 Å². The molecule has 0 aromatic rings. The summed E-state index contributed by atoms with van der Waals surface area (Å²) in [5.74, 6) is 1.09. The van der Waals surface area contributed by atoms with Crippen molar-refractivity contribution in [2.24, 2.45) is 5.92 Å². The fraction of sp³-hybridized carbons (Fsp3) is 1.00. The summed E-state index contributed by atoms with van der Waals surface area (Å²) in [6.45, 7) is 0.681. The second kappa shape index (κ2) is 3.54. The topological polar surface area (TPSA) is 43.4 Å². The molecule has 1 fully saturated rings. The molecule has 3 nitrogen and oxygen atoms in total. The molecule has 0 aromatic carbocycles. The van der Waals surface area contributed by atoms with Crippen molar-refractivity contribution < 1.29 is 13.2 Å². The Hall–Kier alpha value is -0.0900. The third-order valence-electron chi connectivity index (χ3n) is 2.06. The zero-order valence-corrected chi connectivity index (χ0v) is 7.56. The minimum atomic E-state index is -2.68. The molecule has 0 N–H and O–H groups in total. The van der Waals surface area contributed by atoms with Gasteiger partial charge in [0.15, 0.2) is 9.84 Å². The minimum Gasteiger partial charge on any atom is -0.385 e. The van der Waals surface area contributed by atoms with Crippen LogP contribution in [0.4, 0.5) is 0 Å². The van der Waals surface area contributed by atoms with Gasteiger partial charge in [-0.25, -0.2) is 8.42 Å². The lowest BCUT2D eigenvalue weighted by atomic mass is 10.1. The molecule has 0 spiro atoms. The summed E-state index contributed by atoms with van der Waals surface area (Å²) in [7, 11) is -1.04. The summed E-state index contributed by atoms with van der Waals surface area (Å²) in [5.41, 5.74) is 0. The van der Waals surface area contributed by atoms with E-state index in [4.69, 9.17) is 4.74 Å². The Balaban J connectivity index is 2.31. The number of hydrogen-bond acceptors (Lipinski definition) is 3. The zero-order chi connectivity index (χ0) is 8.32. The van der Waals surface area contributed by atoms with Gasteiger partial charge in [0.2, 0.25) is 0 Å². The second-order valence-corrected chi connectivity index (χ2v) is 5.28. The van der Waals surface area contributed by atoms with Crippen LogP contribution in [0.1, 0.15) is 12.8 Å². The first-order valence-corrected chi connectivity index (χ1v) is 5.65. The Labute approximate surface area is 67.7 Å². The lowest BCUT2D eigenvalue weighted by Crippen LogP contribution is -2.06. The minimum absolute atomic E-state index is 0.347. The first-order chi connectivity index (χ1) is 5.14. The summed E-state index contributed by atoms with van der Waals surface area (Å²) in [4.78, 5) is 0. The molecule has 11 heavy (non-hydrogen) atoms. The number of sulfone groups is 1. The van der Waals surface area contributed by atoms with E-state index >= 15 is 0 Å². The van der Waals surface area contributed by atoms with E-state index in [1.807, 2.05) is 0 Å². The van der Waals surface area contributed by atoms with Crippen LogP contribution in [0.2, 0.25) is 0 Å². The molecular weight excluding hydrogens is 164 g/mol. The molecule has 1 aliphatic rings. The molecule has 0 aliphatic carbocycles. The van der Waals surface area contributed by atoms with Crippen molar-refractivity contribution in [3.05, 3.63) is 0 Å². The van der Waals surface area contributed by atoms with Crippen molar-refractivity contribution in [2.75, 3.05) is 25.2 Å². The summed E-state index contributed by atoms with van der Waals surface area (Å²) in [5, 5.41) is 0. The average molecular weight is 178 g/mol. The first kappa shape index (κ1) is 9.00. The maximum atomic E-state index is 11.0. The predicted molar refractivity (Wildman–Crippen MR) is 43.3 cm³/mol. The highest BCUT2D eigenvalue weighted by atomic mass is 32.2. The van der Waals surface area contributed by atoms with E-state index in [1.54, 1.807) is 7.11 Å². The molecule has 4 heteroatoms. The number of hydrogen-bond donors (Lipinski definition) is 0. The Morgan fingerprint density at radius 1 is 1.55 bits per heavy atom. The maximum Gasteiger partial charge on any atom is 0.150 e. The third-order valence-corrected chi connectivity index (χ3v) is 3.89. The Morgan fingerprint density at radius 3 is 2.73 bits per heavy atom. The molecule has 1 rings (SSSR count). The van der Waals surface area contributed by atoms with Gasteiger partial charge < -0.3 is 4.74 Å². The molecule has 0 bridgehead atoms. The smallest absolute Gasteiger partial charge is 0.150 e. The van der Waals surface area contributed by atoms with Crippen LogP contribution in [0.3, 0.4) is 0 Å². The van der Waals surface area contributed by atoms with Gasteiger partial charge in [-0.3, -0.25) is 0 Å². The number of methoxy groups -OCH3 is 1. The van der Waals surface area contributed by atoms with E-state index in [9.17, 15) is 8.42 Å². The van der Waals surface area contributed by atoms with Crippen LogP contribution in [0.15, 0.2) is 0 Å². The number of rotatable bonds is 3. The van der Waals surface area contributed by atoms with Gasteiger partial charge in [0.25, 0.3) is 0 Å². The standard InChI is InChI=1S/C7H14O3S/c1-10-4-2-7-3-5-11(8,9)6-7/h7H,2-6H2,1H3. The molecule has 1 atom stereocenters. The normalized spacial score (nSPS) is 29.0. The molecule has 0 aromatic heterocycles. The van der Waals surface area contributed by atoms with E-state index in [0.29, 0.717) is 24.0 Å². The van der Waals surface area contributed by atoms with Crippen LogP contribution in [-0.4, -0.2) is 33.6 Å². The van der Waals surface area contributed by atoms with Crippen LogP contribution in [0, 0.1) is 5.92 Å². The van der Waals surface area contributed by atoms with Crippen LogP contribution in [0.5, 0.6) is 0 Å². The Bertz CT molecular complexity index is 208. The van der Waals surface area contributed by atoms with Crippen LogP contribution in [-0.2, 0) is 14.6 Å². The molecular formula is C7H14O3S. The lowest BCUT2D eigenvalue weighted by molar-refractivity contribution is 0.181. The molecule has 1 aliphatic heterocycles. The molecule has 1 saturated heterocycles. The highest BCUT2D eigenvalue weighted by molar-refractivity contribution is 7.91. The van der Waals surface area contributed by atoms with Gasteiger partial charge >= 0.3 is 0 Å². The molecule has 0 amide bonds. The summed E-state index contributed by atoms with van der Waals surface area (Å²) in [6.07, 6.45) is 1.71.